The van der Waals surface area contributed by atoms with Crippen molar-refractivity contribution in [3.8, 4) is 0 Å². The van der Waals surface area contributed by atoms with Crippen LogP contribution in [0.25, 0.3) is 0 Å². The molecule has 0 saturated carbocycles. The minimum atomic E-state index is -0.561. The summed E-state index contributed by atoms with van der Waals surface area (Å²) < 4.78 is 5.87. The van der Waals surface area contributed by atoms with Gasteiger partial charge in [-0.15, -0.1) is 0 Å². The summed E-state index contributed by atoms with van der Waals surface area (Å²) in [5.74, 6) is 0.800. The van der Waals surface area contributed by atoms with Crippen LogP contribution in [0, 0.1) is 11.8 Å². The summed E-state index contributed by atoms with van der Waals surface area (Å²) in [5.41, 5.74) is 2.12. The molecule has 2 amide bonds. The summed E-state index contributed by atoms with van der Waals surface area (Å²) in [6.45, 7) is 5.75. The minimum Gasteiger partial charge on any atom is -0.390 e. The number of ether oxygens (including phenoxy) is 1. The molecule has 4 atom stereocenters. The van der Waals surface area contributed by atoms with Gasteiger partial charge >= 0.3 is 6.03 Å². The van der Waals surface area contributed by atoms with Gasteiger partial charge in [0.1, 0.15) is 0 Å². The lowest BCUT2D eigenvalue weighted by molar-refractivity contribution is -0.0508. The molecular weight excluding hydrogens is 304 g/mol. The second-order valence-electron chi connectivity index (χ2n) is 7.28. The molecule has 1 saturated heterocycles. The van der Waals surface area contributed by atoms with Gasteiger partial charge in [-0.1, -0.05) is 38.1 Å². The standard InChI is InChI=1S/C19H28N2O3/c1-12(2)18-14(7-5-9-24-18)11-20-19(23)21-17-15-8-4-3-6-13(15)10-16(17)22/h3-4,6,8,12,14,16-18,22H,5,7,9-11H2,1-2H3,(H2,20,21,23). The van der Waals surface area contributed by atoms with E-state index in [1.54, 1.807) is 0 Å². The van der Waals surface area contributed by atoms with Gasteiger partial charge in [-0.3, -0.25) is 0 Å². The van der Waals surface area contributed by atoms with E-state index in [0.29, 0.717) is 24.8 Å². The number of nitrogens with one attached hydrogen (secondary N) is 2. The molecule has 5 nitrogen and oxygen atoms in total. The van der Waals surface area contributed by atoms with Crippen molar-refractivity contribution in [3.63, 3.8) is 0 Å². The Labute approximate surface area is 143 Å². The van der Waals surface area contributed by atoms with Crippen molar-refractivity contribution >= 4 is 6.03 Å². The molecule has 0 aromatic heterocycles. The lowest BCUT2D eigenvalue weighted by Crippen LogP contribution is -2.46. The number of rotatable bonds is 4. The van der Waals surface area contributed by atoms with Crippen LogP contribution in [0.2, 0.25) is 0 Å². The highest BCUT2D eigenvalue weighted by molar-refractivity contribution is 5.74. The number of benzene rings is 1. The van der Waals surface area contributed by atoms with Crippen LogP contribution in [-0.2, 0) is 11.2 Å². The summed E-state index contributed by atoms with van der Waals surface area (Å²) >= 11 is 0. The van der Waals surface area contributed by atoms with Crippen molar-refractivity contribution in [1.82, 2.24) is 10.6 Å². The van der Waals surface area contributed by atoms with E-state index in [4.69, 9.17) is 4.74 Å². The molecule has 3 rings (SSSR count). The van der Waals surface area contributed by atoms with Gasteiger partial charge in [0.05, 0.1) is 18.2 Å². The molecule has 0 radical (unpaired) electrons. The smallest absolute Gasteiger partial charge is 0.315 e. The molecule has 0 bridgehead atoms. The highest BCUT2D eigenvalue weighted by Gasteiger charge is 2.33. The Morgan fingerprint density at radius 1 is 1.38 bits per heavy atom. The fraction of sp³-hybridized carbons (Fsp3) is 0.632. The second kappa shape index (κ2) is 7.53. The van der Waals surface area contributed by atoms with Crippen molar-refractivity contribution in [1.29, 1.82) is 0 Å². The van der Waals surface area contributed by atoms with Crippen LogP contribution >= 0.6 is 0 Å². The van der Waals surface area contributed by atoms with Crippen molar-refractivity contribution in [2.24, 2.45) is 11.8 Å². The lowest BCUT2D eigenvalue weighted by Gasteiger charge is -2.34. The maximum absolute atomic E-state index is 12.3. The topological polar surface area (TPSA) is 70.6 Å². The number of carbonyl (C=O) groups is 1. The van der Waals surface area contributed by atoms with Gasteiger partial charge in [0.15, 0.2) is 0 Å². The third-order valence-electron chi connectivity index (χ3n) is 5.17. The molecule has 132 valence electrons. The number of urea groups is 1. The number of fused-ring (bicyclic) bond motifs is 1. The quantitative estimate of drug-likeness (QED) is 0.793. The van der Waals surface area contributed by atoms with E-state index in [9.17, 15) is 9.90 Å². The number of hydrogen-bond donors (Lipinski definition) is 3. The Bertz CT molecular complexity index is 575. The molecule has 3 N–H and O–H groups in total. The van der Waals surface area contributed by atoms with E-state index in [1.807, 2.05) is 24.3 Å². The summed E-state index contributed by atoms with van der Waals surface area (Å²) in [6.07, 6.45) is 2.36. The van der Waals surface area contributed by atoms with Gasteiger partial charge in [-0.25, -0.2) is 4.79 Å². The van der Waals surface area contributed by atoms with Crippen LogP contribution in [-0.4, -0.2) is 36.5 Å². The fourth-order valence-electron chi connectivity index (χ4n) is 3.98. The first-order valence-electron chi connectivity index (χ1n) is 8.98. The Kier molecular flexibility index (Phi) is 5.41. The molecule has 1 aromatic rings. The Balaban J connectivity index is 1.54. The van der Waals surface area contributed by atoms with Crippen molar-refractivity contribution in [3.05, 3.63) is 35.4 Å². The SMILES string of the molecule is CC(C)C1OCCCC1CNC(=O)NC1c2ccccc2CC1O. The Hall–Kier alpha value is -1.59. The average Bonchev–Trinajstić information content (AvgIpc) is 2.89. The van der Waals surface area contributed by atoms with Crippen LogP contribution in [0.3, 0.4) is 0 Å². The van der Waals surface area contributed by atoms with Gasteiger partial charge in [0, 0.05) is 25.5 Å². The van der Waals surface area contributed by atoms with Crippen LogP contribution in [0.4, 0.5) is 4.79 Å². The molecule has 5 heteroatoms. The molecule has 24 heavy (non-hydrogen) atoms. The van der Waals surface area contributed by atoms with Crippen molar-refractivity contribution in [2.45, 2.75) is 51.4 Å². The number of aliphatic hydroxyl groups is 1. The third-order valence-corrected chi connectivity index (χ3v) is 5.17. The largest absolute Gasteiger partial charge is 0.390 e. The normalized spacial score (nSPS) is 29.3. The molecule has 2 aliphatic rings. The van der Waals surface area contributed by atoms with Gasteiger partial charge in [-0.05, 0) is 29.9 Å². The first kappa shape index (κ1) is 17.2. The number of amides is 2. The summed E-state index contributed by atoms with van der Waals surface area (Å²) in [5, 5.41) is 16.1. The average molecular weight is 332 g/mol. The summed E-state index contributed by atoms with van der Waals surface area (Å²) in [7, 11) is 0. The second-order valence-corrected chi connectivity index (χ2v) is 7.28. The zero-order valence-electron chi connectivity index (χ0n) is 14.5. The first-order valence-corrected chi connectivity index (χ1v) is 8.98. The Morgan fingerprint density at radius 2 is 2.17 bits per heavy atom. The van der Waals surface area contributed by atoms with E-state index in [-0.39, 0.29) is 18.2 Å². The molecule has 1 fully saturated rings. The van der Waals surface area contributed by atoms with Crippen molar-refractivity contribution in [2.75, 3.05) is 13.2 Å². The molecule has 1 aliphatic heterocycles. The molecule has 0 spiro atoms. The summed E-state index contributed by atoms with van der Waals surface area (Å²) in [6, 6.07) is 7.33. The van der Waals surface area contributed by atoms with Crippen LogP contribution in [0.5, 0.6) is 0 Å². The molecule has 1 aliphatic carbocycles. The summed E-state index contributed by atoms with van der Waals surface area (Å²) in [4.78, 5) is 12.3. The lowest BCUT2D eigenvalue weighted by atomic mass is 9.87. The molecule has 4 unspecified atom stereocenters. The van der Waals surface area contributed by atoms with Crippen LogP contribution in [0.15, 0.2) is 24.3 Å². The highest BCUT2D eigenvalue weighted by atomic mass is 16.5. The molecule has 1 heterocycles. The number of carbonyl (C=O) groups excluding carboxylic acids is 1. The van der Waals surface area contributed by atoms with Gasteiger partial charge < -0.3 is 20.5 Å². The zero-order valence-corrected chi connectivity index (χ0v) is 14.5. The van der Waals surface area contributed by atoms with Crippen molar-refractivity contribution < 1.29 is 14.6 Å². The molecule has 1 aromatic carbocycles. The van der Waals surface area contributed by atoms with Gasteiger partial charge in [0.2, 0.25) is 0 Å². The minimum absolute atomic E-state index is 0.205. The predicted molar refractivity (Wildman–Crippen MR) is 92.7 cm³/mol. The number of aliphatic hydroxyl groups excluding tert-OH is 1. The van der Waals surface area contributed by atoms with E-state index in [0.717, 1.165) is 30.6 Å². The highest BCUT2D eigenvalue weighted by Crippen LogP contribution is 2.31. The van der Waals surface area contributed by atoms with E-state index in [1.165, 1.54) is 0 Å². The van der Waals surface area contributed by atoms with E-state index < -0.39 is 6.10 Å². The van der Waals surface area contributed by atoms with Crippen LogP contribution < -0.4 is 10.6 Å². The first-order chi connectivity index (χ1) is 11.6. The van der Waals surface area contributed by atoms with Crippen LogP contribution in [0.1, 0.15) is 43.9 Å². The van der Waals surface area contributed by atoms with Gasteiger partial charge in [0.25, 0.3) is 0 Å². The van der Waals surface area contributed by atoms with E-state index >= 15 is 0 Å². The maximum atomic E-state index is 12.3. The molecular formula is C19H28N2O3. The maximum Gasteiger partial charge on any atom is 0.315 e. The van der Waals surface area contributed by atoms with E-state index in [2.05, 4.69) is 24.5 Å². The zero-order chi connectivity index (χ0) is 17.1. The third kappa shape index (κ3) is 3.73. The monoisotopic (exact) mass is 332 g/mol. The van der Waals surface area contributed by atoms with Gasteiger partial charge in [-0.2, -0.15) is 0 Å². The Morgan fingerprint density at radius 3 is 2.96 bits per heavy atom. The predicted octanol–water partition coefficient (Wildman–Crippen LogP) is 2.40. The number of hydrogen-bond acceptors (Lipinski definition) is 3. The fourth-order valence-corrected chi connectivity index (χ4v) is 3.98.